The summed E-state index contributed by atoms with van der Waals surface area (Å²) < 4.78 is 6.63. The molecule has 8 heteroatoms. The molecule has 1 amide bonds. The number of benzene rings is 2. The first-order chi connectivity index (χ1) is 15.6. The maximum absolute atomic E-state index is 12.2. The maximum atomic E-state index is 12.2. The zero-order valence-corrected chi connectivity index (χ0v) is 17.7. The molecule has 1 N–H and O–H groups in total. The van der Waals surface area contributed by atoms with Crippen LogP contribution < -0.4 is 5.32 Å². The van der Waals surface area contributed by atoms with Crippen molar-refractivity contribution in [2.45, 2.75) is 6.54 Å². The highest BCUT2D eigenvalue weighted by Gasteiger charge is 2.11. The molecule has 0 unspecified atom stereocenters. The van der Waals surface area contributed by atoms with Crippen molar-refractivity contribution in [2.75, 3.05) is 11.9 Å². The van der Waals surface area contributed by atoms with E-state index in [1.807, 2.05) is 48.5 Å². The Hall–Kier alpha value is -3.97. The van der Waals surface area contributed by atoms with Crippen LogP contribution in [-0.2, 0) is 20.9 Å². The molecule has 4 aromatic rings. The van der Waals surface area contributed by atoms with Crippen LogP contribution in [0.25, 0.3) is 17.0 Å². The summed E-state index contributed by atoms with van der Waals surface area (Å²) >= 11 is 6.19. The fourth-order valence-electron chi connectivity index (χ4n) is 3.04. The van der Waals surface area contributed by atoms with Gasteiger partial charge in [0, 0.05) is 22.6 Å². The minimum Gasteiger partial charge on any atom is -0.452 e. The minimum atomic E-state index is -0.639. The van der Waals surface area contributed by atoms with E-state index in [0.717, 1.165) is 16.5 Å². The van der Waals surface area contributed by atoms with Gasteiger partial charge in [-0.3, -0.25) is 4.79 Å². The first kappa shape index (κ1) is 21.3. The lowest BCUT2D eigenvalue weighted by atomic mass is 10.2. The third kappa shape index (κ3) is 5.39. The van der Waals surface area contributed by atoms with Crippen molar-refractivity contribution >= 4 is 46.3 Å². The molecule has 0 atom stereocenters. The molecule has 0 aliphatic heterocycles. The van der Waals surface area contributed by atoms with Crippen molar-refractivity contribution < 1.29 is 14.3 Å². The molecule has 2 aromatic heterocycles. The fourth-order valence-corrected chi connectivity index (χ4v) is 3.24. The molecule has 0 aliphatic carbocycles. The monoisotopic (exact) mass is 446 g/mol. The molecular formula is C24H19ClN4O3. The Kier molecular flexibility index (Phi) is 6.57. The van der Waals surface area contributed by atoms with Gasteiger partial charge in [0.2, 0.25) is 0 Å². The van der Waals surface area contributed by atoms with Gasteiger partial charge in [-0.25, -0.2) is 14.5 Å². The predicted molar refractivity (Wildman–Crippen MR) is 123 cm³/mol. The smallest absolute Gasteiger partial charge is 0.331 e. The van der Waals surface area contributed by atoms with E-state index in [1.165, 1.54) is 6.08 Å². The molecule has 0 saturated carbocycles. The molecule has 0 saturated heterocycles. The van der Waals surface area contributed by atoms with Gasteiger partial charge in [0.1, 0.15) is 5.82 Å². The van der Waals surface area contributed by atoms with E-state index in [9.17, 15) is 9.59 Å². The third-order valence-corrected chi connectivity index (χ3v) is 4.99. The second kappa shape index (κ2) is 9.89. The van der Waals surface area contributed by atoms with Crippen LogP contribution >= 0.6 is 11.6 Å². The van der Waals surface area contributed by atoms with E-state index in [-0.39, 0.29) is 0 Å². The largest absolute Gasteiger partial charge is 0.452 e. The molecule has 0 radical (unpaired) electrons. The number of pyridine rings is 1. The highest BCUT2D eigenvalue weighted by atomic mass is 35.5. The summed E-state index contributed by atoms with van der Waals surface area (Å²) in [5.74, 6) is -0.641. The van der Waals surface area contributed by atoms with Gasteiger partial charge < -0.3 is 10.1 Å². The second-order valence-electron chi connectivity index (χ2n) is 6.88. The van der Waals surface area contributed by atoms with Gasteiger partial charge in [-0.1, -0.05) is 54.1 Å². The molecule has 2 aromatic carbocycles. The van der Waals surface area contributed by atoms with Crippen molar-refractivity contribution in [1.29, 1.82) is 0 Å². The molecule has 0 spiro atoms. The van der Waals surface area contributed by atoms with E-state index in [4.69, 9.17) is 16.3 Å². The van der Waals surface area contributed by atoms with Gasteiger partial charge in [-0.15, -0.1) is 0 Å². The molecular weight excluding hydrogens is 428 g/mol. The van der Waals surface area contributed by atoms with Crippen LogP contribution in [0, 0.1) is 0 Å². The first-order valence-corrected chi connectivity index (χ1v) is 10.2. The van der Waals surface area contributed by atoms with Gasteiger partial charge in [0.05, 0.1) is 24.0 Å². The summed E-state index contributed by atoms with van der Waals surface area (Å²) in [6, 6.07) is 20.5. The number of carbonyl (C=O) groups excluding carboxylic acids is 2. The van der Waals surface area contributed by atoms with Gasteiger partial charge in [0.15, 0.2) is 6.61 Å². The van der Waals surface area contributed by atoms with Gasteiger partial charge in [-0.2, -0.15) is 5.10 Å². The van der Waals surface area contributed by atoms with E-state index in [2.05, 4.69) is 15.4 Å². The minimum absolute atomic E-state index is 0.392. The maximum Gasteiger partial charge on any atom is 0.331 e. The van der Waals surface area contributed by atoms with Crippen LogP contribution in [0.1, 0.15) is 11.3 Å². The zero-order valence-electron chi connectivity index (χ0n) is 16.9. The van der Waals surface area contributed by atoms with Crippen molar-refractivity contribution in [3.8, 4) is 0 Å². The number of hydrogen-bond donors (Lipinski definition) is 1. The number of rotatable bonds is 7. The third-order valence-electron chi connectivity index (χ3n) is 4.62. The second-order valence-corrected chi connectivity index (χ2v) is 7.29. The number of anilines is 1. The van der Waals surface area contributed by atoms with Crippen LogP contribution in [0.4, 0.5) is 5.82 Å². The molecule has 2 heterocycles. The Labute approximate surface area is 189 Å². The molecule has 0 bridgehead atoms. The molecule has 160 valence electrons. The number of aromatic nitrogens is 3. The van der Waals surface area contributed by atoms with Crippen molar-refractivity contribution in [1.82, 2.24) is 14.8 Å². The lowest BCUT2D eigenvalue weighted by molar-refractivity contribution is -0.142. The average Bonchev–Trinajstić information content (AvgIpc) is 3.24. The number of para-hydroxylation sites is 1. The number of hydrogen-bond acceptors (Lipinski definition) is 5. The predicted octanol–water partition coefficient (Wildman–Crippen LogP) is 4.33. The van der Waals surface area contributed by atoms with Crippen LogP contribution in [0.2, 0.25) is 5.02 Å². The normalized spacial score (nSPS) is 11.0. The SMILES string of the molecule is O=C(COC(=O)/C=C/c1ccc2ccccc2n1)Nc1ccnn1Cc1ccccc1Cl. The lowest BCUT2D eigenvalue weighted by Gasteiger charge is -2.10. The van der Waals surface area contributed by atoms with Crippen LogP contribution in [0.3, 0.4) is 0 Å². The number of amides is 1. The summed E-state index contributed by atoms with van der Waals surface area (Å²) in [4.78, 5) is 28.6. The number of fused-ring (bicyclic) bond motifs is 1. The van der Waals surface area contributed by atoms with Crippen LogP contribution in [0.5, 0.6) is 0 Å². The molecule has 0 aliphatic rings. The summed E-state index contributed by atoms with van der Waals surface area (Å²) in [6.45, 7) is -0.0326. The quantitative estimate of drug-likeness (QED) is 0.337. The number of halogens is 1. The van der Waals surface area contributed by atoms with E-state index >= 15 is 0 Å². The van der Waals surface area contributed by atoms with Crippen LogP contribution in [0.15, 0.2) is 79.0 Å². The molecule has 0 fully saturated rings. The van der Waals surface area contributed by atoms with Crippen molar-refractivity contribution in [2.24, 2.45) is 0 Å². The Morgan fingerprint density at radius 2 is 1.84 bits per heavy atom. The van der Waals surface area contributed by atoms with Crippen molar-refractivity contribution in [3.05, 3.63) is 95.3 Å². The zero-order chi connectivity index (χ0) is 22.3. The fraction of sp³-hybridized carbons (Fsp3) is 0.0833. The first-order valence-electron chi connectivity index (χ1n) is 9.84. The van der Waals surface area contributed by atoms with E-state index < -0.39 is 18.5 Å². The average molecular weight is 447 g/mol. The van der Waals surface area contributed by atoms with Crippen LogP contribution in [-0.4, -0.2) is 33.2 Å². The number of carbonyl (C=O) groups is 2. The Bertz CT molecular complexity index is 1300. The summed E-state index contributed by atoms with van der Waals surface area (Å²) in [5, 5.41) is 8.51. The Morgan fingerprint density at radius 1 is 1.03 bits per heavy atom. The lowest BCUT2D eigenvalue weighted by Crippen LogP contribution is -2.22. The number of nitrogens with zero attached hydrogens (tertiary/aromatic N) is 3. The van der Waals surface area contributed by atoms with Gasteiger partial charge >= 0.3 is 5.97 Å². The summed E-state index contributed by atoms with van der Waals surface area (Å²) in [5.41, 5.74) is 2.32. The molecule has 7 nitrogen and oxygen atoms in total. The summed E-state index contributed by atoms with van der Waals surface area (Å²) in [6.07, 6.45) is 4.36. The number of nitrogens with one attached hydrogen (secondary N) is 1. The van der Waals surface area contributed by atoms with Gasteiger partial charge in [0.25, 0.3) is 5.91 Å². The molecule has 32 heavy (non-hydrogen) atoms. The standard InChI is InChI=1S/C24H19ClN4O3/c25-20-7-3-1-6-18(20)15-29-22(13-14-26-29)28-23(30)16-32-24(31)12-11-19-10-9-17-5-2-4-8-21(17)27-19/h1-14H,15-16H2,(H,28,30)/b12-11+. The highest BCUT2D eigenvalue weighted by Crippen LogP contribution is 2.18. The Balaban J connectivity index is 1.30. The van der Waals surface area contributed by atoms with E-state index in [1.54, 1.807) is 35.2 Å². The summed E-state index contributed by atoms with van der Waals surface area (Å²) in [7, 11) is 0. The highest BCUT2D eigenvalue weighted by molar-refractivity contribution is 6.31. The number of esters is 1. The topological polar surface area (TPSA) is 86.1 Å². The van der Waals surface area contributed by atoms with Gasteiger partial charge in [-0.05, 0) is 29.8 Å². The Morgan fingerprint density at radius 3 is 2.72 bits per heavy atom. The van der Waals surface area contributed by atoms with Crippen molar-refractivity contribution in [3.63, 3.8) is 0 Å². The number of ether oxygens (including phenoxy) is 1. The van der Waals surface area contributed by atoms with E-state index in [0.29, 0.717) is 23.1 Å². The molecule has 4 rings (SSSR count).